The van der Waals surface area contributed by atoms with Crippen LogP contribution >= 0.6 is 19.2 Å². The zero-order valence-corrected chi connectivity index (χ0v) is 16.3. The summed E-state index contributed by atoms with van der Waals surface area (Å²) in [6.45, 7) is 6.66. The minimum atomic E-state index is -3.09. The molecule has 0 amide bonds. The van der Waals surface area contributed by atoms with E-state index in [9.17, 15) is 4.57 Å². The third-order valence-corrected chi connectivity index (χ3v) is 6.05. The summed E-state index contributed by atoms with van der Waals surface area (Å²) in [5, 5.41) is 0.678. The Morgan fingerprint density at radius 2 is 1.74 bits per heavy atom. The van der Waals surface area contributed by atoms with E-state index in [1.165, 1.54) is 19.3 Å². The van der Waals surface area contributed by atoms with E-state index < -0.39 is 7.60 Å². The molecule has 1 unspecified atom stereocenters. The van der Waals surface area contributed by atoms with Crippen molar-refractivity contribution >= 4 is 19.2 Å². The summed E-state index contributed by atoms with van der Waals surface area (Å²) in [7, 11) is -3.09. The predicted molar refractivity (Wildman–Crippen MR) is 98.9 cm³/mol. The second-order valence-corrected chi connectivity index (χ2v) is 8.45. The average molecular weight is 361 g/mol. The van der Waals surface area contributed by atoms with E-state index in [4.69, 9.17) is 20.6 Å². The van der Waals surface area contributed by atoms with Crippen LogP contribution in [0.5, 0.6) is 5.75 Å². The summed E-state index contributed by atoms with van der Waals surface area (Å²) < 4.78 is 24.4. The molecule has 0 aromatic heterocycles. The summed E-state index contributed by atoms with van der Waals surface area (Å²) in [5.41, 5.74) is 0.908. The molecule has 0 saturated heterocycles. The lowest BCUT2D eigenvalue weighted by Gasteiger charge is -2.19. The fraction of sp³-hybridized carbons (Fsp3) is 0.667. The highest BCUT2D eigenvalue weighted by Gasteiger charge is 2.25. The summed E-state index contributed by atoms with van der Waals surface area (Å²) in [5.74, 6) is 0.567. The fourth-order valence-corrected chi connectivity index (χ4v) is 4.17. The van der Waals surface area contributed by atoms with E-state index in [1.54, 1.807) is 12.1 Å². The molecule has 0 spiro atoms. The maximum Gasteiger partial charge on any atom is 0.379 e. The molecule has 23 heavy (non-hydrogen) atoms. The Morgan fingerprint density at radius 3 is 2.39 bits per heavy atom. The van der Waals surface area contributed by atoms with Gasteiger partial charge in [-0.2, -0.15) is 0 Å². The highest BCUT2D eigenvalue weighted by atomic mass is 35.5. The number of benzene rings is 1. The van der Waals surface area contributed by atoms with Crippen LogP contribution in [0, 0.1) is 6.92 Å². The van der Waals surface area contributed by atoms with Crippen molar-refractivity contribution in [2.75, 3.05) is 12.8 Å². The normalized spacial score (nSPS) is 13.7. The van der Waals surface area contributed by atoms with Gasteiger partial charge in [0.25, 0.3) is 0 Å². The molecule has 0 radical (unpaired) electrons. The summed E-state index contributed by atoms with van der Waals surface area (Å²) in [6, 6.07) is 5.32. The molecule has 5 heteroatoms. The Hall–Kier alpha value is -0.500. The van der Waals surface area contributed by atoms with Crippen molar-refractivity contribution in [1.82, 2.24) is 0 Å². The van der Waals surface area contributed by atoms with Crippen LogP contribution in [-0.2, 0) is 9.09 Å². The molecule has 0 fully saturated rings. The Kier molecular flexibility index (Phi) is 9.94. The highest BCUT2D eigenvalue weighted by Crippen LogP contribution is 2.49. The third-order valence-electron chi connectivity index (χ3n) is 3.70. The molecule has 0 N–H and O–H groups in total. The van der Waals surface area contributed by atoms with E-state index in [2.05, 4.69) is 13.8 Å². The number of aryl methyl sites for hydroxylation is 1. The molecule has 0 aliphatic heterocycles. The number of hydrogen-bond acceptors (Lipinski definition) is 3. The lowest BCUT2D eigenvalue weighted by molar-refractivity contribution is 0.257. The van der Waals surface area contributed by atoms with Crippen molar-refractivity contribution in [2.45, 2.75) is 65.7 Å². The molecular weight excluding hydrogens is 331 g/mol. The Morgan fingerprint density at radius 1 is 1.04 bits per heavy atom. The van der Waals surface area contributed by atoms with Gasteiger partial charge in [0.15, 0.2) is 0 Å². The van der Waals surface area contributed by atoms with Crippen molar-refractivity contribution in [1.29, 1.82) is 0 Å². The zero-order valence-electron chi connectivity index (χ0n) is 14.6. The average Bonchev–Trinajstić information content (AvgIpc) is 2.52. The van der Waals surface area contributed by atoms with Gasteiger partial charge < -0.3 is 4.52 Å². The SMILES string of the molecule is CCCCCCCOP(=O)(CCCC)Oc1ccc(Cl)c(C)c1. The van der Waals surface area contributed by atoms with Crippen LogP contribution < -0.4 is 4.52 Å². The smallest absolute Gasteiger partial charge is 0.379 e. The summed E-state index contributed by atoms with van der Waals surface area (Å²) >= 11 is 6.02. The van der Waals surface area contributed by atoms with Crippen LogP contribution in [0.3, 0.4) is 0 Å². The van der Waals surface area contributed by atoms with Crippen molar-refractivity contribution in [3.8, 4) is 5.75 Å². The second-order valence-electron chi connectivity index (χ2n) is 5.94. The third kappa shape index (κ3) is 8.24. The number of hydrogen-bond donors (Lipinski definition) is 0. The van der Waals surface area contributed by atoms with Gasteiger partial charge in [-0.05, 0) is 43.5 Å². The van der Waals surface area contributed by atoms with Gasteiger partial charge in [-0.15, -0.1) is 0 Å². The Bertz CT molecular complexity index is 505. The number of rotatable bonds is 12. The van der Waals surface area contributed by atoms with Crippen LogP contribution in [0.1, 0.15) is 64.4 Å². The zero-order chi connectivity index (χ0) is 17.1. The van der Waals surface area contributed by atoms with Crippen LogP contribution in [0.4, 0.5) is 0 Å². The van der Waals surface area contributed by atoms with Gasteiger partial charge >= 0.3 is 7.60 Å². The molecule has 1 aromatic rings. The summed E-state index contributed by atoms with van der Waals surface area (Å²) in [6.07, 6.45) is 7.97. The molecule has 0 saturated carbocycles. The highest BCUT2D eigenvalue weighted by molar-refractivity contribution is 7.54. The lowest BCUT2D eigenvalue weighted by atomic mass is 10.2. The maximum absolute atomic E-state index is 12.9. The standard InChI is InChI=1S/C18H30ClO3P/c1-4-6-8-9-10-13-21-23(20,14-7-5-2)22-17-11-12-18(19)16(3)15-17/h11-12,15H,4-10,13-14H2,1-3H3. The monoisotopic (exact) mass is 360 g/mol. The van der Waals surface area contributed by atoms with Gasteiger partial charge in [0.2, 0.25) is 0 Å². The van der Waals surface area contributed by atoms with Crippen LogP contribution in [0.15, 0.2) is 18.2 Å². The van der Waals surface area contributed by atoms with Crippen molar-refractivity contribution in [2.24, 2.45) is 0 Å². The Balaban J connectivity index is 2.58. The molecule has 0 bridgehead atoms. The molecule has 0 heterocycles. The van der Waals surface area contributed by atoms with Gasteiger partial charge in [-0.3, -0.25) is 4.52 Å². The molecule has 1 atom stereocenters. The first-order chi connectivity index (χ1) is 11.0. The van der Waals surface area contributed by atoms with E-state index in [-0.39, 0.29) is 0 Å². The van der Waals surface area contributed by atoms with E-state index in [1.807, 2.05) is 13.0 Å². The van der Waals surface area contributed by atoms with Gasteiger partial charge in [0, 0.05) is 5.02 Å². The minimum Gasteiger partial charge on any atom is -0.424 e. The van der Waals surface area contributed by atoms with E-state index in [0.717, 1.165) is 31.2 Å². The molecule has 1 aromatic carbocycles. The first-order valence-corrected chi connectivity index (χ1v) is 10.8. The molecule has 0 aliphatic carbocycles. The van der Waals surface area contributed by atoms with E-state index >= 15 is 0 Å². The van der Waals surface area contributed by atoms with Crippen molar-refractivity contribution in [3.63, 3.8) is 0 Å². The second kappa shape index (κ2) is 11.1. The van der Waals surface area contributed by atoms with Crippen LogP contribution in [0.25, 0.3) is 0 Å². The van der Waals surface area contributed by atoms with Crippen molar-refractivity contribution < 1.29 is 13.6 Å². The minimum absolute atomic E-state index is 0.458. The molecular formula is C18H30ClO3P. The topological polar surface area (TPSA) is 35.5 Å². The van der Waals surface area contributed by atoms with Gasteiger partial charge in [0.1, 0.15) is 5.75 Å². The van der Waals surface area contributed by atoms with E-state index in [0.29, 0.717) is 23.5 Å². The van der Waals surface area contributed by atoms with Crippen LogP contribution in [-0.4, -0.2) is 12.8 Å². The quantitative estimate of drug-likeness (QED) is 0.297. The van der Waals surface area contributed by atoms with Crippen molar-refractivity contribution in [3.05, 3.63) is 28.8 Å². The predicted octanol–water partition coefficient (Wildman–Crippen LogP) is 7.01. The van der Waals surface area contributed by atoms with Gasteiger partial charge in [-0.1, -0.05) is 57.6 Å². The van der Waals surface area contributed by atoms with Gasteiger partial charge in [-0.25, -0.2) is 4.57 Å². The first-order valence-electron chi connectivity index (χ1n) is 8.70. The molecule has 132 valence electrons. The first kappa shape index (κ1) is 20.5. The lowest BCUT2D eigenvalue weighted by Crippen LogP contribution is -2.04. The number of unbranched alkanes of at least 4 members (excludes halogenated alkanes) is 5. The fourth-order valence-electron chi connectivity index (χ4n) is 2.23. The number of halogens is 1. The Labute approximate surface area is 146 Å². The molecule has 1 rings (SSSR count). The maximum atomic E-state index is 12.9. The van der Waals surface area contributed by atoms with Crippen LogP contribution in [0.2, 0.25) is 5.02 Å². The summed E-state index contributed by atoms with van der Waals surface area (Å²) in [4.78, 5) is 0. The largest absolute Gasteiger partial charge is 0.424 e. The van der Waals surface area contributed by atoms with Gasteiger partial charge in [0.05, 0.1) is 12.8 Å². The molecule has 0 aliphatic rings. The molecule has 3 nitrogen and oxygen atoms in total.